The van der Waals surface area contributed by atoms with Crippen LogP contribution in [0.4, 0.5) is 0 Å². The number of hydrogen-bond donors (Lipinski definition) is 3. The van der Waals surface area contributed by atoms with Gasteiger partial charge in [0.1, 0.15) is 0 Å². The number of rotatable bonds is 3. The number of nitrogens with two attached hydrogens (primary N) is 1. The number of nitrogens with zero attached hydrogens (tertiary/aromatic N) is 2. The van der Waals surface area contributed by atoms with Gasteiger partial charge in [-0.25, -0.2) is 22.3 Å². The lowest BCUT2D eigenvalue weighted by molar-refractivity contribution is -0.159. The van der Waals surface area contributed by atoms with Crippen LogP contribution in [0.1, 0.15) is 18.0 Å². The van der Waals surface area contributed by atoms with Crippen LogP contribution >= 0.6 is 0 Å². The summed E-state index contributed by atoms with van der Waals surface area (Å²) in [6, 6.07) is 5.25. The Morgan fingerprint density at radius 1 is 1.15 bits per heavy atom. The zero-order chi connectivity index (χ0) is 19.5. The molecule has 26 heavy (non-hydrogen) atoms. The summed E-state index contributed by atoms with van der Waals surface area (Å²) in [6.07, 6.45) is 0.956. The Labute approximate surface area is 149 Å². The van der Waals surface area contributed by atoms with Gasteiger partial charge < -0.3 is 20.5 Å². The van der Waals surface area contributed by atoms with Crippen LogP contribution in [0.15, 0.2) is 23.0 Å². The van der Waals surface area contributed by atoms with Crippen LogP contribution in [0.5, 0.6) is 0 Å². The van der Waals surface area contributed by atoms with Gasteiger partial charge in [0, 0.05) is 43.9 Å². The monoisotopic (exact) mass is 387 g/mol. The molecular weight excluding hydrogens is 366 g/mol. The largest absolute Gasteiger partial charge is 0.473 e. The van der Waals surface area contributed by atoms with Crippen LogP contribution < -0.4 is 11.3 Å². The summed E-state index contributed by atoms with van der Waals surface area (Å²) < 4.78 is 27.7. The van der Waals surface area contributed by atoms with E-state index in [0.717, 1.165) is 12.1 Å². The van der Waals surface area contributed by atoms with Gasteiger partial charge in [-0.2, -0.15) is 0 Å². The van der Waals surface area contributed by atoms with E-state index in [1.165, 1.54) is 0 Å². The van der Waals surface area contributed by atoms with Crippen molar-refractivity contribution in [3.63, 3.8) is 0 Å². The lowest BCUT2D eigenvalue weighted by Gasteiger charge is -2.42. The van der Waals surface area contributed by atoms with Gasteiger partial charge >= 0.3 is 11.9 Å². The summed E-state index contributed by atoms with van der Waals surface area (Å²) in [5.41, 5.74) is 6.35. The van der Waals surface area contributed by atoms with E-state index in [2.05, 4.69) is 0 Å². The number of fused-ring (bicyclic) bond motifs is 4. The summed E-state index contributed by atoms with van der Waals surface area (Å²) in [5.74, 6) is -3.32. The number of aliphatic carboxylic acids is 2. The molecule has 0 saturated carbocycles. The van der Waals surface area contributed by atoms with Crippen molar-refractivity contribution in [1.29, 1.82) is 0 Å². The van der Waals surface area contributed by atoms with Gasteiger partial charge in [0.05, 0.1) is 5.75 Å². The number of aromatic nitrogens is 1. The summed E-state index contributed by atoms with van der Waals surface area (Å²) in [5, 5.41) is 14.8. The SMILES string of the molecule is NCCS(=O)(=O)N1C[C@@H]2C[C@H](C1)c1cccc(=O)n1C2.O=C(O)C(=O)O. The molecule has 1 saturated heterocycles. The molecule has 0 aliphatic carbocycles. The Morgan fingerprint density at radius 2 is 1.81 bits per heavy atom. The minimum Gasteiger partial charge on any atom is -0.473 e. The van der Waals surface area contributed by atoms with Crippen molar-refractivity contribution in [3.05, 3.63) is 34.2 Å². The van der Waals surface area contributed by atoms with E-state index in [4.69, 9.17) is 25.5 Å². The molecule has 2 aliphatic heterocycles. The molecule has 0 radical (unpaired) electrons. The van der Waals surface area contributed by atoms with Gasteiger partial charge in [0.25, 0.3) is 5.56 Å². The molecule has 1 aromatic heterocycles. The first-order valence-electron chi connectivity index (χ1n) is 7.99. The minimum absolute atomic E-state index is 0.00592. The zero-order valence-electron chi connectivity index (χ0n) is 13.9. The third-order valence-electron chi connectivity index (χ3n) is 4.40. The van der Waals surface area contributed by atoms with E-state index in [-0.39, 0.29) is 29.7 Å². The quantitative estimate of drug-likeness (QED) is 0.540. The van der Waals surface area contributed by atoms with Crippen LogP contribution in [-0.4, -0.2) is 64.8 Å². The Kier molecular flexibility index (Phi) is 6.16. The molecule has 2 atom stereocenters. The molecule has 0 spiro atoms. The standard InChI is InChI=1S/C13H19N3O3S.C2H2O4/c14-4-5-20(18,19)15-7-10-6-11(9-15)12-2-1-3-13(17)16(12)8-10;3-1(4)2(5)6/h1-3,10-11H,4-9,14H2;(H,3,4)(H,5,6)/t10-,11+;/m0./s1. The van der Waals surface area contributed by atoms with Gasteiger partial charge in [-0.3, -0.25) is 4.79 Å². The number of carbonyl (C=O) groups is 2. The molecule has 2 bridgehead atoms. The molecule has 2 aliphatic rings. The smallest absolute Gasteiger partial charge is 0.414 e. The van der Waals surface area contributed by atoms with Crippen molar-refractivity contribution >= 4 is 22.0 Å². The zero-order valence-corrected chi connectivity index (χ0v) is 14.8. The maximum Gasteiger partial charge on any atom is 0.414 e. The highest BCUT2D eigenvalue weighted by atomic mass is 32.2. The minimum atomic E-state index is -3.27. The maximum absolute atomic E-state index is 12.2. The topological polar surface area (TPSA) is 160 Å². The predicted octanol–water partition coefficient (Wildman–Crippen LogP) is -1.29. The number of carboxylic acids is 2. The van der Waals surface area contributed by atoms with Crippen LogP contribution in [0.25, 0.3) is 0 Å². The summed E-state index contributed by atoms with van der Waals surface area (Å²) in [6.45, 7) is 1.71. The second-order valence-corrected chi connectivity index (χ2v) is 8.32. The molecule has 10 nitrogen and oxygen atoms in total. The fourth-order valence-corrected chi connectivity index (χ4v) is 4.76. The Bertz CT molecular complexity index is 837. The Balaban J connectivity index is 0.000000352. The summed E-state index contributed by atoms with van der Waals surface area (Å²) in [4.78, 5) is 30.1. The van der Waals surface area contributed by atoms with E-state index < -0.39 is 22.0 Å². The second kappa shape index (κ2) is 7.98. The first-order valence-corrected chi connectivity index (χ1v) is 9.60. The van der Waals surface area contributed by atoms with Crippen LogP contribution in [0.2, 0.25) is 0 Å². The Morgan fingerprint density at radius 3 is 2.38 bits per heavy atom. The third kappa shape index (κ3) is 4.48. The van der Waals surface area contributed by atoms with Gasteiger partial charge in [-0.05, 0) is 18.4 Å². The molecule has 1 aromatic rings. The number of piperidine rings is 1. The Hall–Kier alpha value is -2.24. The fourth-order valence-electron chi connectivity index (χ4n) is 3.36. The van der Waals surface area contributed by atoms with Gasteiger partial charge in [-0.1, -0.05) is 6.07 Å². The van der Waals surface area contributed by atoms with E-state index >= 15 is 0 Å². The van der Waals surface area contributed by atoms with Crippen LogP contribution in [-0.2, 0) is 26.2 Å². The lowest BCUT2D eigenvalue weighted by Crippen LogP contribution is -2.50. The summed E-state index contributed by atoms with van der Waals surface area (Å²) in [7, 11) is -3.27. The van der Waals surface area contributed by atoms with Crippen LogP contribution in [0, 0.1) is 5.92 Å². The highest BCUT2D eigenvalue weighted by molar-refractivity contribution is 7.89. The maximum atomic E-state index is 12.2. The van der Waals surface area contributed by atoms with Gasteiger partial charge in [0.15, 0.2) is 0 Å². The van der Waals surface area contributed by atoms with Crippen molar-refractivity contribution in [2.24, 2.45) is 11.7 Å². The molecule has 3 rings (SSSR count). The fraction of sp³-hybridized carbons (Fsp3) is 0.533. The number of carboxylic acid groups (broad SMARTS) is 2. The normalized spacial score (nSPS) is 21.9. The summed E-state index contributed by atoms with van der Waals surface area (Å²) >= 11 is 0. The van der Waals surface area contributed by atoms with Gasteiger partial charge in [0.2, 0.25) is 10.0 Å². The molecule has 0 amide bonds. The second-order valence-electron chi connectivity index (χ2n) is 6.23. The van der Waals surface area contributed by atoms with Crippen molar-refractivity contribution in [1.82, 2.24) is 8.87 Å². The number of sulfonamides is 1. The molecule has 3 heterocycles. The number of pyridine rings is 1. The molecule has 0 unspecified atom stereocenters. The van der Waals surface area contributed by atoms with E-state index in [1.54, 1.807) is 21.0 Å². The highest BCUT2D eigenvalue weighted by Crippen LogP contribution is 2.35. The van der Waals surface area contributed by atoms with Crippen molar-refractivity contribution in [2.45, 2.75) is 18.9 Å². The predicted molar refractivity (Wildman–Crippen MR) is 91.2 cm³/mol. The first-order chi connectivity index (χ1) is 12.2. The van der Waals surface area contributed by atoms with E-state index in [1.807, 2.05) is 6.07 Å². The van der Waals surface area contributed by atoms with Crippen molar-refractivity contribution in [3.8, 4) is 0 Å². The average molecular weight is 387 g/mol. The molecule has 144 valence electrons. The molecule has 11 heteroatoms. The molecular formula is C15H21N3O7S. The number of hydrogen-bond acceptors (Lipinski definition) is 6. The van der Waals surface area contributed by atoms with Gasteiger partial charge in [-0.15, -0.1) is 0 Å². The molecule has 4 N–H and O–H groups in total. The van der Waals surface area contributed by atoms with E-state index in [0.29, 0.717) is 19.6 Å². The highest BCUT2D eigenvalue weighted by Gasteiger charge is 2.38. The lowest BCUT2D eigenvalue weighted by atomic mass is 9.84. The average Bonchev–Trinajstić information content (AvgIpc) is 2.56. The molecule has 1 fully saturated rings. The first kappa shape index (κ1) is 20.1. The van der Waals surface area contributed by atoms with Crippen molar-refractivity contribution in [2.75, 3.05) is 25.4 Å². The third-order valence-corrected chi connectivity index (χ3v) is 6.23. The van der Waals surface area contributed by atoms with E-state index in [9.17, 15) is 13.2 Å². The van der Waals surface area contributed by atoms with Crippen molar-refractivity contribution < 1.29 is 28.2 Å². The van der Waals surface area contributed by atoms with Crippen LogP contribution in [0.3, 0.4) is 0 Å². The molecule has 0 aromatic carbocycles.